The number of hydrogen-bond acceptors (Lipinski definition) is 2. The van der Waals surface area contributed by atoms with Crippen LogP contribution in [0.15, 0.2) is 30.3 Å². The molecule has 1 aromatic rings. The predicted molar refractivity (Wildman–Crippen MR) is 101 cm³/mol. The van der Waals surface area contributed by atoms with Crippen LogP contribution in [0, 0.1) is 11.3 Å². The Kier molecular flexibility index (Phi) is 6.45. The number of hydrogen-bond donors (Lipinski definition) is 2. The summed E-state index contributed by atoms with van der Waals surface area (Å²) in [7, 11) is 0. The average Bonchev–Trinajstić information content (AvgIpc) is 2.62. The van der Waals surface area contributed by atoms with Gasteiger partial charge >= 0.3 is 0 Å². The summed E-state index contributed by atoms with van der Waals surface area (Å²) in [4.78, 5) is 13.1. The Balaban J connectivity index is 2.02. The van der Waals surface area contributed by atoms with Crippen molar-refractivity contribution < 1.29 is 4.79 Å². The van der Waals surface area contributed by atoms with E-state index in [2.05, 4.69) is 50.5 Å². The molecule has 0 aromatic heterocycles. The van der Waals surface area contributed by atoms with Crippen LogP contribution in [0.2, 0.25) is 0 Å². The van der Waals surface area contributed by atoms with Gasteiger partial charge in [0, 0.05) is 6.54 Å². The first-order valence-electron chi connectivity index (χ1n) is 9.47. The van der Waals surface area contributed by atoms with Crippen LogP contribution in [0.1, 0.15) is 58.9 Å². The van der Waals surface area contributed by atoms with Gasteiger partial charge in [-0.25, -0.2) is 0 Å². The van der Waals surface area contributed by atoms with E-state index in [9.17, 15) is 4.79 Å². The van der Waals surface area contributed by atoms with Gasteiger partial charge in [-0.05, 0) is 49.2 Å². The number of nitrogens with one attached hydrogen (secondary N) is 2. The van der Waals surface area contributed by atoms with E-state index in [1.54, 1.807) is 0 Å². The molecule has 1 aliphatic heterocycles. The van der Waals surface area contributed by atoms with E-state index in [4.69, 9.17) is 0 Å². The largest absolute Gasteiger partial charge is 0.355 e. The third-order valence-electron chi connectivity index (χ3n) is 6.33. The summed E-state index contributed by atoms with van der Waals surface area (Å²) >= 11 is 0. The minimum atomic E-state index is -0.365. The normalized spacial score (nSPS) is 18.8. The van der Waals surface area contributed by atoms with Crippen molar-refractivity contribution in [3.8, 4) is 0 Å². The molecule has 1 atom stereocenters. The summed E-state index contributed by atoms with van der Waals surface area (Å²) in [5, 5.41) is 6.64. The molecule has 2 rings (SSSR count). The zero-order valence-electron chi connectivity index (χ0n) is 15.8. The number of benzene rings is 1. The molecule has 1 aliphatic rings. The SMILES string of the molecule is CCC(C)(C)C(C)CCNC(=O)C1(c2ccccc2)CCNCC1. The maximum absolute atomic E-state index is 13.1. The fourth-order valence-electron chi connectivity index (χ4n) is 3.57. The molecule has 1 aromatic carbocycles. The summed E-state index contributed by atoms with van der Waals surface area (Å²) in [6, 6.07) is 10.3. The van der Waals surface area contributed by atoms with E-state index in [0.717, 1.165) is 44.5 Å². The van der Waals surface area contributed by atoms with Crippen molar-refractivity contribution in [1.82, 2.24) is 10.6 Å². The van der Waals surface area contributed by atoms with Crippen molar-refractivity contribution >= 4 is 5.91 Å². The summed E-state index contributed by atoms with van der Waals surface area (Å²) in [6.07, 6.45) is 3.95. The Bertz CT molecular complexity index is 518. The molecule has 0 radical (unpaired) electrons. The quantitative estimate of drug-likeness (QED) is 0.796. The van der Waals surface area contributed by atoms with Crippen molar-refractivity contribution in [2.45, 2.75) is 58.8 Å². The Morgan fingerprint density at radius 2 is 1.88 bits per heavy atom. The Hall–Kier alpha value is -1.35. The second-order valence-corrected chi connectivity index (χ2v) is 7.99. The predicted octanol–water partition coefficient (Wildman–Crippen LogP) is 3.89. The number of carbonyl (C=O) groups excluding carboxylic acids is 1. The number of piperidine rings is 1. The number of amides is 1. The standard InChI is InChI=1S/C21H34N2O/c1-5-20(3,4)17(2)11-14-23-19(24)21(12-15-22-16-13-21)18-9-7-6-8-10-18/h6-10,17,22H,5,11-16H2,1-4H3,(H,23,24). The van der Waals surface area contributed by atoms with Crippen molar-refractivity contribution in [3.05, 3.63) is 35.9 Å². The van der Waals surface area contributed by atoms with Gasteiger partial charge in [0.05, 0.1) is 5.41 Å². The monoisotopic (exact) mass is 330 g/mol. The molecular weight excluding hydrogens is 296 g/mol. The Labute approximate surface area is 147 Å². The van der Waals surface area contributed by atoms with Crippen LogP contribution in [0.25, 0.3) is 0 Å². The molecule has 1 fully saturated rings. The van der Waals surface area contributed by atoms with Crippen LogP contribution >= 0.6 is 0 Å². The van der Waals surface area contributed by atoms with Gasteiger partial charge in [0.15, 0.2) is 0 Å². The highest BCUT2D eigenvalue weighted by Gasteiger charge is 2.40. The first kappa shape index (κ1) is 19.0. The third-order valence-corrected chi connectivity index (χ3v) is 6.33. The lowest BCUT2D eigenvalue weighted by Gasteiger charge is -2.37. The zero-order chi connectivity index (χ0) is 17.6. The molecule has 3 nitrogen and oxygen atoms in total. The smallest absolute Gasteiger partial charge is 0.230 e. The van der Waals surface area contributed by atoms with Crippen LogP contribution in [-0.2, 0) is 10.2 Å². The maximum atomic E-state index is 13.1. The second kappa shape index (κ2) is 8.15. The summed E-state index contributed by atoms with van der Waals surface area (Å²) in [6.45, 7) is 11.8. The van der Waals surface area contributed by atoms with Gasteiger partial charge in [-0.3, -0.25) is 4.79 Å². The van der Waals surface area contributed by atoms with Crippen LogP contribution in [0.3, 0.4) is 0 Å². The molecule has 0 aliphatic carbocycles. The molecule has 0 spiro atoms. The first-order valence-corrected chi connectivity index (χ1v) is 9.47. The van der Waals surface area contributed by atoms with Gasteiger partial charge in [-0.2, -0.15) is 0 Å². The number of rotatable bonds is 7. The van der Waals surface area contributed by atoms with Crippen molar-refractivity contribution in [2.75, 3.05) is 19.6 Å². The van der Waals surface area contributed by atoms with Crippen LogP contribution in [-0.4, -0.2) is 25.5 Å². The van der Waals surface area contributed by atoms with E-state index in [0.29, 0.717) is 11.3 Å². The topological polar surface area (TPSA) is 41.1 Å². The minimum Gasteiger partial charge on any atom is -0.355 e. The average molecular weight is 331 g/mol. The van der Waals surface area contributed by atoms with E-state index < -0.39 is 0 Å². The second-order valence-electron chi connectivity index (χ2n) is 7.99. The van der Waals surface area contributed by atoms with Crippen LogP contribution in [0.4, 0.5) is 0 Å². The van der Waals surface area contributed by atoms with Gasteiger partial charge < -0.3 is 10.6 Å². The van der Waals surface area contributed by atoms with E-state index in [1.807, 2.05) is 18.2 Å². The first-order chi connectivity index (χ1) is 11.4. The highest BCUT2D eigenvalue weighted by atomic mass is 16.2. The Morgan fingerprint density at radius 3 is 2.46 bits per heavy atom. The molecule has 1 unspecified atom stereocenters. The summed E-state index contributed by atoms with van der Waals surface area (Å²) < 4.78 is 0. The summed E-state index contributed by atoms with van der Waals surface area (Å²) in [5.74, 6) is 0.806. The molecule has 24 heavy (non-hydrogen) atoms. The van der Waals surface area contributed by atoms with Gasteiger partial charge in [-0.15, -0.1) is 0 Å². The fourth-order valence-corrected chi connectivity index (χ4v) is 3.57. The van der Waals surface area contributed by atoms with Gasteiger partial charge in [0.25, 0.3) is 0 Å². The van der Waals surface area contributed by atoms with Crippen LogP contribution < -0.4 is 10.6 Å². The summed E-state index contributed by atoms with van der Waals surface area (Å²) in [5.41, 5.74) is 1.12. The molecule has 134 valence electrons. The van der Waals surface area contributed by atoms with Crippen molar-refractivity contribution in [1.29, 1.82) is 0 Å². The van der Waals surface area contributed by atoms with Crippen molar-refractivity contribution in [3.63, 3.8) is 0 Å². The van der Waals surface area contributed by atoms with E-state index in [1.165, 1.54) is 6.42 Å². The molecule has 1 heterocycles. The van der Waals surface area contributed by atoms with E-state index >= 15 is 0 Å². The zero-order valence-corrected chi connectivity index (χ0v) is 15.8. The molecule has 3 heteroatoms. The molecule has 2 N–H and O–H groups in total. The fraction of sp³-hybridized carbons (Fsp3) is 0.667. The van der Waals surface area contributed by atoms with Crippen LogP contribution in [0.5, 0.6) is 0 Å². The van der Waals surface area contributed by atoms with Gasteiger partial charge in [-0.1, -0.05) is 64.4 Å². The lowest BCUT2D eigenvalue weighted by Crippen LogP contribution is -2.51. The van der Waals surface area contributed by atoms with Crippen molar-refractivity contribution in [2.24, 2.45) is 11.3 Å². The highest BCUT2D eigenvalue weighted by molar-refractivity contribution is 5.88. The number of carbonyl (C=O) groups is 1. The maximum Gasteiger partial charge on any atom is 0.230 e. The van der Waals surface area contributed by atoms with Gasteiger partial charge in [0.1, 0.15) is 0 Å². The molecule has 1 amide bonds. The Morgan fingerprint density at radius 1 is 1.25 bits per heavy atom. The third kappa shape index (κ3) is 4.18. The highest BCUT2D eigenvalue weighted by Crippen LogP contribution is 2.34. The molecule has 0 saturated carbocycles. The molecular formula is C21H34N2O. The van der Waals surface area contributed by atoms with Gasteiger partial charge in [0.2, 0.25) is 5.91 Å². The lowest BCUT2D eigenvalue weighted by molar-refractivity contribution is -0.127. The lowest BCUT2D eigenvalue weighted by atomic mass is 9.72. The van der Waals surface area contributed by atoms with E-state index in [-0.39, 0.29) is 11.3 Å². The molecule has 0 bridgehead atoms. The minimum absolute atomic E-state index is 0.205. The molecule has 1 saturated heterocycles.